The molecular formula is C22H31N5O2. The number of ether oxygens (including phenoxy) is 1. The number of nitrogens with zero attached hydrogens (tertiary/aromatic N) is 5. The van der Waals surface area contributed by atoms with Gasteiger partial charge in [-0.05, 0) is 44.5 Å². The van der Waals surface area contributed by atoms with Crippen molar-refractivity contribution in [1.29, 1.82) is 0 Å². The predicted octanol–water partition coefficient (Wildman–Crippen LogP) is 2.11. The average molecular weight is 398 g/mol. The Labute approximate surface area is 172 Å². The number of carbonyl (C=O) groups is 1. The second-order valence-corrected chi connectivity index (χ2v) is 8.17. The number of methoxy groups -OCH3 is 1. The van der Waals surface area contributed by atoms with Crippen LogP contribution in [0.2, 0.25) is 0 Å². The summed E-state index contributed by atoms with van der Waals surface area (Å²) in [6.45, 7) is 4.43. The van der Waals surface area contributed by atoms with Crippen molar-refractivity contribution in [2.24, 2.45) is 0 Å². The van der Waals surface area contributed by atoms with E-state index < -0.39 is 0 Å². The van der Waals surface area contributed by atoms with Gasteiger partial charge in [0.25, 0.3) is 0 Å². The quantitative estimate of drug-likeness (QED) is 0.773. The lowest BCUT2D eigenvalue weighted by atomic mass is 9.97. The summed E-state index contributed by atoms with van der Waals surface area (Å²) in [5.41, 5.74) is 1.08. The van der Waals surface area contributed by atoms with Gasteiger partial charge in [-0.3, -0.25) is 4.79 Å². The minimum absolute atomic E-state index is 0.202. The molecule has 1 saturated heterocycles. The van der Waals surface area contributed by atoms with Crippen LogP contribution < -0.4 is 4.74 Å². The number of rotatable bonds is 5. The zero-order valence-corrected chi connectivity index (χ0v) is 17.5. The molecule has 0 bridgehead atoms. The number of likely N-dealkylation sites (tertiary alicyclic amines) is 1. The third-order valence-corrected chi connectivity index (χ3v) is 6.20. The summed E-state index contributed by atoms with van der Waals surface area (Å²) in [4.78, 5) is 17.2. The standard InChI is InChI=1S/C22H31N5O2/c1-25-12-5-7-18(16-25)22-24-23-20-11-13-26(14-15-27(20)22)21(28)10-9-17-6-3-4-8-19(17)29-2/h3-4,6,8,18H,5,7,9-16H2,1-2H3/t18-/m1/s1. The molecule has 4 rings (SSSR count). The molecule has 7 heteroatoms. The van der Waals surface area contributed by atoms with Crippen molar-refractivity contribution in [2.45, 2.75) is 44.6 Å². The maximum absolute atomic E-state index is 12.9. The molecule has 1 fully saturated rings. The number of likely N-dealkylation sites (N-methyl/N-ethyl adjacent to an activating group) is 1. The minimum Gasteiger partial charge on any atom is -0.496 e. The maximum atomic E-state index is 12.9. The topological polar surface area (TPSA) is 63.5 Å². The third-order valence-electron chi connectivity index (χ3n) is 6.20. The number of carbonyl (C=O) groups excluding carboxylic acids is 1. The molecule has 2 aromatic rings. The summed E-state index contributed by atoms with van der Waals surface area (Å²) >= 11 is 0. The molecule has 2 aliphatic heterocycles. The second-order valence-electron chi connectivity index (χ2n) is 8.17. The van der Waals surface area contributed by atoms with Crippen molar-refractivity contribution in [3.8, 4) is 5.75 Å². The number of aromatic nitrogens is 3. The lowest BCUT2D eigenvalue weighted by Gasteiger charge is -2.29. The molecule has 7 nitrogen and oxygen atoms in total. The van der Waals surface area contributed by atoms with Gasteiger partial charge in [-0.15, -0.1) is 10.2 Å². The van der Waals surface area contributed by atoms with Crippen LogP contribution >= 0.6 is 0 Å². The Morgan fingerprint density at radius 1 is 1.17 bits per heavy atom. The number of piperidine rings is 1. The van der Waals surface area contributed by atoms with Crippen molar-refractivity contribution in [3.63, 3.8) is 0 Å². The van der Waals surface area contributed by atoms with E-state index in [0.29, 0.717) is 25.3 Å². The Balaban J connectivity index is 1.37. The Morgan fingerprint density at radius 2 is 2.03 bits per heavy atom. The van der Waals surface area contributed by atoms with Gasteiger partial charge in [-0.2, -0.15) is 0 Å². The average Bonchev–Trinajstić information content (AvgIpc) is 3.03. The van der Waals surface area contributed by atoms with Crippen molar-refractivity contribution in [1.82, 2.24) is 24.6 Å². The molecule has 0 N–H and O–H groups in total. The van der Waals surface area contributed by atoms with Crippen LogP contribution in [0.4, 0.5) is 0 Å². The number of fused-ring (bicyclic) bond motifs is 1. The molecule has 0 saturated carbocycles. The van der Waals surface area contributed by atoms with Gasteiger partial charge < -0.3 is 19.1 Å². The molecular weight excluding hydrogens is 366 g/mol. The van der Waals surface area contributed by atoms with Crippen molar-refractivity contribution >= 4 is 5.91 Å². The van der Waals surface area contributed by atoms with Gasteiger partial charge in [0.2, 0.25) is 5.91 Å². The third kappa shape index (κ3) is 4.45. The molecule has 0 unspecified atom stereocenters. The number of benzene rings is 1. The Kier molecular flexibility index (Phi) is 6.13. The van der Waals surface area contributed by atoms with Crippen LogP contribution in [0.15, 0.2) is 24.3 Å². The monoisotopic (exact) mass is 397 g/mol. The largest absolute Gasteiger partial charge is 0.496 e. The first-order valence-corrected chi connectivity index (χ1v) is 10.7. The fourth-order valence-corrected chi connectivity index (χ4v) is 4.58. The minimum atomic E-state index is 0.202. The normalized spacial score (nSPS) is 20.2. The van der Waals surface area contributed by atoms with Gasteiger partial charge in [0.1, 0.15) is 17.4 Å². The Hall–Kier alpha value is -2.41. The molecule has 0 spiro atoms. The van der Waals surface area contributed by atoms with Crippen molar-refractivity contribution in [2.75, 3.05) is 40.3 Å². The number of hydrogen-bond acceptors (Lipinski definition) is 5. The fraction of sp³-hybridized carbons (Fsp3) is 0.591. The smallest absolute Gasteiger partial charge is 0.222 e. The van der Waals surface area contributed by atoms with Crippen LogP contribution in [0, 0.1) is 0 Å². The van der Waals surface area contributed by atoms with E-state index in [9.17, 15) is 4.79 Å². The fourth-order valence-electron chi connectivity index (χ4n) is 4.58. The van der Waals surface area contributed by atoms with Crippen molar-refractivity contribution in [3.05, 3.63) is 41.5 Å². The molecule has 156 valence electrons. The molecule has 3 heterocycles. The number of aryl methyl sites for hydroxylation is 1. The maximum Gasteiger partial charge on any atom is 0.222 e. The molecule has 1 atom stereocenters. The van der Waals surface area contributed by atoms with E-state index in [1.165, 1.54) is 12.8 Å². The van der Waals surface area contributed by atoms with Gasteiger partial charge >= 0.3 is 0 Å². The van der Waals surface area contributed by atoms with Gasteiger partial charge in [-0.1, -0.05) is 18.2 Å². The van der Waals surface area contributed by atoms with E-state index >= 15 is 0 Å². The number of para-hydroxylation sites is 1. The van der Waals surface area contributed by atoms with Crippen LogP contribution in [0.1, 0.15) is 42.4 Å². The molecule has 1 aromatic carbocycles. The Morgan fingerprint density at radius 3 is 2.86 bits per heavy atom. The summed E-state index contributed by atoms with van der Waals surface area (Å²) in [5, 5.41) is 9.00. The summed E-state index contributed by atoms with van der Waals surface area (Å²) < 4.78 is 7.68. The van der Waals surface area contributed by atoms with E-state index in [1.54, 1.807) is 7.11 Å². The summed E-state index contributed by atoms with van der Waals surface area (Å²) in [7, 11) is 3.85. The number of hydrogen-bond donors (Lipinski definition) is 0. The first-order chi connectivity index (χ1) is 14.2. The molecule has 0 aliphatic carbocycles. The second kappa shape index (κ2) is 8.95. The molecule has 29 heavy (non-hydrogen) atoms. The highest BCUT2D eigenvalue weighted by Gasteiger charge is 2.27. The van der Waals surface area contributed by atoms with Gasteiger partial charge in [-0.25, -0.2) is 0 Å². The van der Waals surface area contributed by atoms with Crippen LogP contribution in [0.3, 0.4) is 0 Å². The predicted molar refractivity (Wildman–Crippen MR) is 111 cm³/mol. The van der Waals surface area contributed by atoms with Crippen LogP contribution in [-0.2, 0) is 24.2 Å². The van der Waals surface area contributed by atoms with E-state index in [-0.39, 0.29) is 5.91 Å². The molecule has 1 amide bonds. The van der Waals surface area contributed by atoms with Crippen molar-refractivity contribution < 1.29 is 9.53 Å². The highest BCUT2D eigenvalue weighted by Crippen LogP contribution is 2.26. The highest BCUT2D eigenvalue weighted by atomic mass is 16.5. The van der Waals surface area contributed by atoms with Crippen LogP contribution in [0.5, 0.6) is 5.75 Å². The van der Waals surface area contributed by atoms with E-state index in [1.807, 2.05) is 29.2 Å². The SMILES string of the molecule is COc1ccccc1CCC(=O)N1CCc2nnc([C@@H]3CCCN(C)C3)n2CC1. The number of amides is 1. The molecule has 1 aromatic heterocycles. The Bertz CT molecular complexity index is 849. The van der Waals surface area contributed by atoms with E-state index in [0.717, 1.165) is 55.6 Å². The lowest BCUT2D eigenvalue weighted by molar-refractivity contribution is -0.131. The molecule has 0 radical (unpaired) electrons. The summed E-state index contributed by atoms with van der Waals surface area (Å²) in [6.07, 6.45) is 4.35. The summed E-state index contributed by atoms with van der Waals surface area (Å²) in [6, 6.07) is 7.92. The molecule has 2 aliphatic rings. The van der Waals surface area contributed by atoms with Gasteiger partial charge in [0.15, 0.2) is 0 Å². The van der Waals surface area contributed by atoms with Gasteiger partial charge in [0, 0.05) is 44.9 Å². The van der Waals surface area contributed by atoms with E-state index in [2.05, 4.69) is 26.7 Å². The zero-order valence-electron chi connectivity index (χ0n) is 17.5. The lowest BCUT2D eigenvalue weighted by Crippen LogP contribution is -2.34. The summed E-state index contributed by atoms with van der Waals surface area (Å²) in [5.74, 6) is 3.63. The first kappa shape index (κ1) is 19.9. The van der Waals surface area contributed by atoms with Crippen LogP contribution in [0.25, 0.3) is 0 Å². The zero-order chi connectivity index (χ0) is 20.2. The van der Waals surface area contributed by atoms with Gasteiger partial charge in [0.05, 0.1) is 7.11 Å². The van der Waals surface area contributed by atoms with E-state index in [4.69, 9.17) is 4.74 Å². The first-order valence-electron chi connectivity index (χ1n) is 10.7. The highest BCUT2D eigenvalue weighted by molar-refractivity contribution is 5.76. The van der Waals surface area contributed by atoms with Crippen LogP contribution in [-0.4, -0.2) is 70.8 Å².